The molecule has 2 aromatic carbocycles. The van der Waals surface area contributed by atoms with Crippen LogP contribution in [-0.4, -0.2) is 0 Å². The summed E-state index contributed by atoms with van der Waals surface area (Å²) in [4.78, 5) is 0. The first-order chi connectivity index (χ1) is 10.9. The van der Waals surface area contributed by atoms with Crippen molar-refractivity contribution in [2.24, 2.45) is 0 Å². The molecule has 0 fully saturated rings. The first-order valence-corrected chi connectivity index (χ1v) is 8.18. The summed E-state index contributed by atoms with van der Waals surface area (Å²) in [6, 6.07) is 21.2. The molecule has 1 heteroatoms. The van der Waals surface area contributed by atoms with Crippen LogP contribution in [0.2, 0.25) is 0 Å². The van der Waals surface area contributed by atoms with Gasteiger partial charge in [-0.05, 0) is 35.1 Å². The van der Waals surface area contributed by atoms with Crippen LogP contribution in [0.3, 0.4) is 0 Å². The van der Waals surface area contributed by atoms with E-state index in [1.807, 2.05) is 46.0 Å². The van der Waals surface area contributed by atoms with Gasteiger partial charge in [0.05, 0.1) is 6.04 Å². The molecule has 0 bridgehead atoms. The van der Waals surface area contributed by atoms with Crippen molar-refractivity contribution in [2.45, 2.75) is 33.7 Å². The van der Waals surface area contributed by atoms with Gasteiger partial charge in [-0.25, -0.2) is 0 Å². The maximum absolute atomic E-state index is 3.38. The fourth-order valence-corrected chi connectivity index (χ4v) is 2.20. The standard InChI is InChI=1S/C17H15N.2C2H6/c1-3-7-14(8-4-1)16-11-12-18-17(13-16)15-9-5-2-6-10-15;2*1-2/h1-13,17-18H;2*1-2H3. The number of hydrogen-bond donors (Lipinski definition) is 1. The fourth-order valence-electron chi connectivity index (χ4n) is 2.20. The minimum absolute atomic E-state index is 0.256. The Kier molecular flexibility index (Phi) is 8.44. The Labute approximate surface area is 135 Å². The highest BCUT2D eigenvalue weighted by molar-refractivity contribution is 5.75. The Morgan fingerprint density at radius 2 is 1.27 bits per heavy atom. The predicted molar refractivity (Wildman–Crippen MR) is 98.6 cm³/mol. The SMILES string of the molecule is C1=CC(c2ccccc2)=CC(c2ccccc2)N1.CC.CC. The van der Waals surface area contributed by atoms with E-state index in [9.17, 15) is 0 Å². The number of hydrogen-bond acceptors (Lipinski definition) is 1. The molecule has 0 aromatic heterocycles. The predicted octanol–water partition coefficient (Wildman–Crippen LogP) is 5.98. The molecule has 1 atom stereocenters. The summed E-state index contributed by atoms with van der Waals surface area (Å²) in [5, 5.41) is 3.38. The fraction of sp³-hybridized carbons (Fsp3) is 0.238. The molecule has 0 aliphatic carbocycles. The molecular weight excluding hydrogens is 266 g/mol. The molecule has 0 saturated heterocycles. The van der Waals surface area contributed by atoms with Gasteiger partial charge in [-0.3, -0.25) is 0 Å². The van der Waals surface area contributed by atoms with Crippen molar-refractivity contribution in [2.75, 3.05) is 0 Å². The van der Waals surface area contributed by atoms with Crippen LogP contribution in [0.4, 0.5) is 0 Å². The number of dihydropyridines is 1. The third-order valence-electron chi connectivity index (χ3n) is 3.15. The summed E-state index contributed by atoms with van der Waals surface area (Å²) in [5.41, 5.74) is 3.81. The Balaban J connectivity index is 0.000000561. The van der Waals surface area contributed by atoms with Gasteiger partial charge in [0.2, 0.25) is 0 Å². The minimum Gasteiger partial charge on any atom is -0.381 e. The maximum atomic E-state index is 3.38. The normalized spacial score (nSPS) is 15.3. The smallest absolute Gasteiger partial charge is 0.0701 e. The van der Waals surface area contributed by atoms with Crippen molar-refractivity contribution in [1.29, 1.82) is 0 Å². The summed E-state index contributed by atoms with van der Waals surface area (Å²) in [7, 11) is 0. The zero-order valence-electron chi connectivity index (χ0n) is 14.1. The second-order valence-corrected chi connectivity index (χ2v) is 4.38. The van der Waals surface area contributed by atoms with Crippen molar-refractivity contribution in [1.82, 2.24) is 5.32 Å². The zero-order chi connectivity index (χ0) is 16.2. The quantitative estimate of drug-likeness (QED) is 0.718. The van der Waals surface area contributed by atoms with Gasteiger partial charge in [0.15, 0.2) is 0 Å². The van der Waals surface area contributed by atoms with Crippen molar-refractivity contribution in [3.8, 4) is 0 Å². The summed E-state index contributed by atoms with van der Waals surface area (Å²) in [6.45, 7) is 8.00. The van der Waals surface area contributed by atoms with Crippen molar-refractivity contribution in [3.05, 3.63) is 90.1 Å². The first kappa shape index (κ1) is 17.8. The molecule has 1 N–H and O–H groups in total. The van der Waals surface area contributed by atoms with Crippen LogP contribution >= 0.6 is 0 Å². The number of allylic oxidation sites excluding steroid dienone is 2. The van der Waals surface area contributed by atoms with Gasteiger partial charge in [0.25, 0.3) is 0 Å². The first-order valence-electron chi connectivity index (χ1n) is 8.18. The molecule has 1 heterocycles. The van der Waals surface area contributed by atoms with Gasteiger partial charge in [-0.2, -0.15) is 0 Å². The third kappa shape index (κ3) is 4.92. The van der Waals surface area contributed by atoms with E-state index in [1.54, 1.807) is 0 Å². The van der Waals surface area contributed by atoms with E-state index in [0.29, 0.717) is 0 Å². The van der Waals surface area contributed by atoms with Crippen molar-refractivity contribution >= 4 is 5.57 Å². The van der Waals surface area contributed by atoms with Crippen LogP contribution in [0.25, 0.3) is 5.57 Å². The summed E-state index contributed by atoms with van der Waals surface area (Å²) in [6.07, 6.45) is 6.42. The van der Waals surface area contributed by atoms with E-state index >= 15 is 0 Å². The average Bonchev–Trinajstić information content (AvgIpc) is 2.67. The third-order valence-corrected chi connectivity index (χ3v) is 3.15. The largest absolute Gasteiger partial charge is 0.381 e. The van der Waals surface area contributed by atoms with Gasteiger partial charge in [-0.1, -0.05) is 88.4 Å². The Morgan fingerprint density at radius 1 is 0.727 bits per heavy atom. The lowest BCUT2D eigenvalue weighted by molar-refractivity contribution is 0.749. The molecule has 1 aliphatic heterocycles. The van der Waals surface area contributed by atoms with E-state index < -0.39 is 0 Å². The molecule has 1 unspecified atom stereocenters. The highest BCUT2D eigenvalue weighted by atomic mass is 14.9. The molecule has 0 amide bonds. The Bertz CT molecular complexity index is 567. The molecule has 3 rings (SSSR count). The molecule has 116 valence electrons. The second-order valence-electron chi connectivity index (χ2n) is 4.38. The molecule has 0 spiro atoms. The van der Waals surface area contributed by atoms with Gasteiger partial charge in [-0.15, -0.1) is 0 Å². The molecular formula is C21H27N. The lowest BCUT2D eigenvalue weighted by Crippen LogP contribution is -2.16. The Morgan fingerprint density at radius 3 is 1.86 bits per heavy atom. The van der Waals surface area contributed by atoms with Crippen LogP contribution in [0.1, 0.15) is 44.9 Å². The van der Waals surface area contributed by atoms with Crippen molar-refractivity contribution < 1.29 is 0 Å². The summed E-state index contributed by atoms with van der Waals surface area (Å²) < 4.78 is 0. The van der Waals surface area contributed by atoms with Crippen LogP contribution in [0.15, 0.2) is 79.0 Å². The van der Waals surface area contributed by atoms with Crippen LogP contribution in [0.5, 0.6) is 0 Å². The van der Waals surface area contributed by atoms with Gasteiger partial charge >= 0.3 is 0 Å². The minimum atomic E-state index is 0.256. The molecule has 1 aliphatic rings. The lowest BCUT2D eigenvalue weighted by Gasteiger charge is -2.19. The lowest BCUT2D eigenvalue weighted by atomic mass is 9.97. The maximum Gasteiger partial charge on any atom is 0.0701 e. The molecule has 0 saturated carbocycles. The second kappa shape index (κ2) is 10.4. The number of rotatable bonds is 2. The van der Waals surface area contributed by atoms with Crippen LogP contribution < -0.4 is 5.32 Å². The highest BCUT2D eigenvalue weighted by Crippen LogP contribution is 2.25. The highest BCUT2D eigenvalue weighted by Gasteiger charge is 2.11. The molecule has 1 nitrogen and oxygen atoms in total. The summed E-state index contributed by atoms with van der Waals surface area (Å²) >= 11 is 0. The summed E-state index contributed by atoms with van der Waals surface area (Å²) in [5.74, 6) is 0. The Hall–Kier alpha value is -2.28. The van der Waals surface area contributed by atoms with E-state index in [4.69, 9.17) is 0 Å². The topological polar surface area (TPSA) is 12.0 Å². The van der Waals surface area contributed by atoms with E-state index in [2.05, 4.69) is 66.0 Å². The molecule has 0 radical (unpaired) electrons. The van der Waals surface area contributed by atoms with Gasteiger partial charge in [0, 0.05) is 0 Å². The molecule has 2 aromatic rings. The monoisotopic (exact) mass is 293 g/mol. The van der Waals surface area contributed by atoms with Gasteiger partial charge < -0.3 is 5.32 Å². The van der Waals surface area contributed by atoms with Crippen LogP contribution in [0, 0.1) is 0 Å². The van der Waals surface area contributed by atoms with Crippen LogP contribution in [-0.2, 0) is 0 Å². The number of benzene rings is 2. The average molecular weight is 293 g/mol. The number of nitrogens with one attached hydrogen (secondary N) is 1. The molecule has 22 heavy (non-hydrogen) atoms. The van der Waals surface area contributed by atoms with E-state index in [1.165, 1.54) is 16.7 Å². The van der Waals surface area contributed by atoms with Crippen molar-refractivity contribution in [3.63, 3.8) is 0 Å². The van der Waals surface area contributed by atoms with E-state index in [0.717, 1.165) is 0 Å². The van der Waals surface area contributed by atoms with E-state index in [-0.39, 0.29) is 6.04 Å². The van der Waals surface area contributed by atoms with Gasteiger partial charge in [0.1, 0.15) is 0 Å². The zero-order valence-corrected chi connectivity index (χ0v) is 14.1.